The molecule has 0 aliphatic heterocycles. The standard InChI is InChI=1S/C8H5Cl3O3/c1-14-4-2-3(9)6(10)7(11)5(4)8(12)13/h2H,1H3,(H,12,13). The van der Waals surface area contributed by atoms with E-state index in [4.69, 9.17) is 44.6 Å². The van der Waals surface area contributed by atoms with Gasteiger partial charge in [0.1, 0.15) is 11.3 Å². The van der Waals surface area contributed by atoms with Crippen LogP contribution in [-0.2, 0) is 0 Å². The van der Waals surface area contributed by atoms with Crippen LogP contribution in [0.2, 0.25) is 15.1 Å². The number of hydrogen-bond donors (Lipinski definition) is 1. The van der Waals surface area contributed by atoms with Gasteiger partial charge in [0.25, 0.3) is 0 Å². The summed E-state index contributed by atoms with van der Waals surface area (Å²) in [7, 11) is 1.32. The van der Waals surface area contributed by atoms with Gasteiger partial charge in [-0.2, -0.15) is 0 Å². The monoisotopic (exact) mass is 254 g/mol. The molecule has 6 heteroatoms. The fourth-order valence-electron chi connectivity index (χ4n) is 0.934. The van der Waals surface area contributed by atoms with Crippen molar-refractivity contribution in [1.29, 1.82) is 0 Å². The number of carboxylic acids is 1. The van der Waals surface area contributed by atoms with E-state index in [0.717, 1.165) is 0 Å². The Hall–Kier alpha value is -0.640. The summed E-state index contributed by atoms with van der Waals surface area (Å²) in [6.07, 6.45) is 0. The molecule has 0 atom stereocenters. The van der Waals surface area contributed by atoms with Gasteiger partial charge in [-0.25, -0.2) is 4.79 Å². The lowest BCUT2D eigenvalue weighted by molar-refractivity contribution is 0.0693. The number of hydrogen-bond acceptors (Lipinski definition) is 2. The molecule has 1 rings (SSSR count). The molecule has 0 radical (unpaired) electrons. The first-order valence-corrected chi connectivity index (χ1v) is 4.57. The van der Waals surface area contributed by atoms with Gasteiger partial charge in [-0.3, -0.25) is 0 Å². The smallest absolute Gasteiger partial charge is 0.341 e. The molecule has 0 heterocycles. The molecule has 0 aromatic heterocycles. The zero-order valence-corrected chi connectivity index (χ0v) is 9.24. The van der Waals surface area contributed by atoms with Crippen molar-refractivity contribution in [2.45, 2.75) is 0 Å². The van der Waals surface area contributed by atoms with Gasteiger partial charge in [0, 0.05) is 6.07 Å². The van der Waals surface area contributed by atoms with Crippen LogP contribution in [0.3, 0.4) is 0 Å². The summed E-state index contributed by atoms with van der Waals surface area (Å²) in [6, 6.07) is 1.30. The van der Waals surface area contributed by atoms with Crippen LogP contribution >= 0.6 is 34.8 Å². The Morgan fingerprint density at radius 2 is 1.93 bits per heavy atom. The number of carboxylic acid groups (broad SMARTS) is 1. The molecule has 0 fully saturated rings. The van der Waals surface area contributed by atoms with Gasteiger partial charge in [-0.05, 0) is 0 Å². The lowest BCUT2D eigenvalue weighted by atomic mass is 10.2. The summed E-state index contributed by atoms with van der Waals surface area (Å²) in [4.78, 5) is 10.8. The SMILES string of the molecule is COc1cc(Cl)c(Cl)c(Cl)c1C(=O)O. The van der Waals surface area contributed by atoms with Crippen LogP contribution in [0.25, 0.3) is 0 Å². The highest BCUT2D eigenvalue weighted by molar-refractivity contribution is 6.49. The summed E-state index contributed by atoms with van der Waals surface area (Å²) in [5, 5.41) is 8.86. The zero-order chi connectivity index (χ0) is 10.9. The third kappa shape index (κ3) is 1.90. The summed E-state index contributed by atoms with van der Waals surface area (Å²) in [5.41, 5.74) is -0.191. The number of ether oxygens (including phenoxy) is 1. The first kappa shape index (κ1) is 11.4. The average molecular weight is 255 g/mol. The topological polar surface area (TPSA) is 46.5 Å². The highest BCUT2D eigenvalue weighted by Gasteiger charge is 2.20. The van der Waals surface area contributed by atoms with Gasteiger partial charge in [0.15, 0.2) is 0 Å². The van der Waals surface area contributed by atoms with Crippen LogP contribution in [0.15, 0.2) is 6.07 Å². The Morgan fingerprint density at radius 1 is 1.36 bits per heavy atom. The van der Waals surface area contributed by atoms with E-state index in [-0.39, 0.29) is 26.4 Å². The third-order valence-corrected chi connectivity index (χ3v) is 2.82. The second-order valence-corrected chi connectivity index (χ2v) is 3.53. The normalized spacial score (nSPS) is 10.0. The molecule has 0 unspecified atom stereocenters. The first-order chi connectivity index (χ1) is 6.49. The zero-order valence-electron chi connectivity index (χ0n) is 6.97. The fraction of sp³-hybridized carbons (Fsp3) is 0.125. The lowest BCUT2D eigenvalue weighted by Gasteiger charge is -2.09. The van der Waals surface area contributed by atoms with Gasteiger partial charge in [0.2, 0.25) is 0 Å². The number of carbonyl (C=O) groups is 1. The molecule has 0 saturated carbocycles. The van der Waals surface area contributed by atoms with Crippen LogP contribution in [0.1, 0.15) is 10.4 Å². The van der Waals surface area contributed by atoms with Gasteiger partial charge in [-0.1, -0.05) is 34.8 Å². The maximum absolute atomic E-state index is 10.8. The van der Waals surface area contributed by atoms with Crippen LogP contribution in [0, 0.1) is 0 Å². The van der Waals surface area contributed by atoms with E-state index < -0.39 is 5.97 Å². The molecule has 0 bridgehead atoms. The third-order valence-electron chi connectivity index (χ3n) is 1.56. The number of rotatable bonds is 2. The van der Waals surface area contributed by atoms with E-state index in [0.29, 0.717) is 0 Å². The molecule has 0 aliphatic carbocycles. The minimum atomic E-state index is -1.22. The predicted octanol–water partition coefficient (Wildman–Crippen LogP) is 3.35. The lowest BCUT2D eigenvalue weighted by Crippen LogP contribution is -2.02. The Bertz CT molecular complexity index is 390. The Balaban J connectivity index is 3.53. The van der Waals surface area contributed by atoms with E-state index in [1.54, 1.807) is 0 Å². The number of methoxy groups -OCH3 is 1. The van der Waals surface area contributed by atoms with Crippen molar-refractivity contribution in [2.75, 3.05) is 7.11 Å². The van der Waals surface area contributed by atoms with Crippen molar-refractivity contribution in [3.8, 4) is 5.75 Å². The maximum Gasteiger partial charge on any atom is 0.341 e. The first-order valence-electron chi connectivity index (χ1n) is 3.43. The Kier molecular flexibility index (Phi) is 3.48. The fourth-order valence-corrected chi connectivity index (χ4v) is 1.60. The molecule has 1 N–H and O–H groups in total. The summed E-state index contributed by atoms with van der Waals surface area (Å²) < 4.78 is 4.81. The molecule has 1 aromatic carbocycles. The van der Waals surface area contributed by atoms with E-state index in [9.17, 15) is 4.79 Å². The Labute approximate surface area is 95.1 Å². The Morgan fingerprint density at radius 3 is 2.36 bits per heavy atom. The van der Waals surface area contributed by atoms with Crippen LogP contribution in [0.5, 0.6) is 5.75 Å². The van der Waals surface area contributed by atoms with Crippen LogP contribution < -0.4 is 4.74 Å². The maximum atomic E-state index is 10.8. The molecular formula is C8H5Cl3O3. The van der Waals surface area contributed by atoms with Crippen LogP contribution in [-0.4, -0.2) is 18.2 Å². The summed E-state index contributed by atoms with van der Waals surface area (Å²) in [6.45, 7) is 0. The summed E-state index contributed by atoms with van der Waals surface area (Å²) >= 11 is 17.1. The summed E-state index contributed by atoms with van der Waals surface area (Å²) in [5.74, 6) is -1.14. The highest BCUT2D eigenvalue weighted by atomic mass is 35.5. The van der Waals surface area contributed by atoms with E-state index in [2.05, 4.69) is 0 Å². The van der Waals surface area contributed by atoms with E-state index >= 15 is 0 Å². The molecule has 0 aliphatic rings. The van der Waals surface area contributed by atoms with Crippen molar-refractivity contribution < 1.29 is 14.6 Å². The molecule has 0 amide bonds. The largest absolute Gasteiger partial charge is 0.496 e. The number of aromatic carboxylic acids is 1. The molecule has 3 nitrogen and oxygen atoms in total. The molecule has 1 aromatic rings. The molecule has 14 heavy (non-hydrogen) atoms. The average Bonchev–Trinajstić information content (AvgIpc) is 2.12. The molecule has 0 saturated heterocycles. The van der Waals surface area contributed by atoms with Gasteiger partial charge >= 0.3 is 5.97 Å². The van der Waals surface area contributed by atoms with E-state index in [1.807, 2.05) is 0 Å². The number of benzene rings is 1. The van der Waals surface area contributed by atoms with Gasteiger partial charge < -0.3 is 9.84 Å². The van der Waals surface area contributed by atoms with Gasteiger partial charge in [0.05, 0.1) is 22.2 Å². The van der Waals surface area contributed by atoms with Crippen LogP contribution in [0.4, 0.5) is 0 Å². The quantitative estimate of drug-likeness (QED) is 0.824. The molecule has 76 valence electrons. The van der Waals surface area contributed by atoms with Gasteiger partial charge in [-0.15, -0.1) is 0 Å². The van der Waals surface area contributed by atoms with Crippen molar-refractivity contribution >= 4 is 40.8 Å². The minimum absolute atomic E-state index is 0.00605. The highest BCUT2D eigenvalue weighted by Crippen LogP contribution is 2.38. The van der Waals surface area contributed by atoms with E-state index in [1.165, 1.54) is 13.2 Å². The van der Waals surface area contributed by atoms with Crippen molar-refractivity contribution in [3.05, 3.63) is 26.7 Å². The molecular weight excluding hydrogens is 250 g/mol. The van der Waals surface area contributed by atoms with Crippen molar-refractivity contribution in [3.63, 3.8) is 0 Å². The predicted molar refractivity (Wildman–Crippen MR) is 55.0 cm³/mol. The van der Waals surface area contributed by atoms with Crippen molar-refractivity contribution in [1.82, 2.24) is 0 Å². The minimum Gasteiger partial charge on any atom is -0.496 e. The number of halogens is 3. The second kappa shape index (κ2) is 4.26. The van der Waals surface area contributed by atoms with Crippen molar-refractivity contribution in [2.24, 2.45) is 0 Å². The second-order valence-electron chi connectivity index (χ2n) is 2.37. The molecule has 0 spiro atoms.